The minimum atomic E-state index is -4.42. The molecule has 1 heterocycles. The molecule has 10 heteroatoms. The van der Waals surface area contributed by atoms with Crippen molar-refractivity contribution in [2.24, 2.45) is 5.73 Å². The predicted octanol–water partition coefficient (Wildman–Crippen LogP) is 5.00. The number of aromatic nitrogens is 2. The third-order valence-corrected chi connectivity index (χ3v) is 5.95. The molecule has 1 aromatic heterocycles. The van der Waals surface area contributed by atoms with Gasteiger partial charge in [0.1, 0.15) is 6.33 Å². The summed E-state index contributed by atoms with van der Waals surface area (Å²) in [6.45, 7) is 2.12. The first kappa shape index (κ1) is 24.4. The number of nitrogens with zero attached hydrogens (tertiary/aromatic N) is 3. The van der Waals surface area contributed by atoms with Gasteiger partial charge in [-0.2, -0.15) is 17.6 Å². The molecule has 2 aromatic carbocycles. The van der Waals surface area contributed by atoms with Gasteiger partial charge in [0.2, 0.25) is 11.7 Å². The first-order valence-corrected chi connectivity index (χ1v) is 11.2. The van der Waals surface area contributed by atoms with Crippen LogP contribution in [0.1, 0.15) is 48.1 Å². The molecule has 0 saturated heterocycles. The van der Waals surface area contributed by atoms with Gasteiger partial charge >= 0.3 is 6.18 Å². The first-order chi connectivity index (χ1) is 16.6. The van der Waals surface area contributed by atoms with Crippen LogP contribution in [0.5, 0.6) is 0 Å². The molecular formula is C25H25F4N5O. The van der Waals surface area contributed by atoms with Gasteiger partial charge in [0.25, 0.3) is 0 Å². The number of nitrogens with two attached hydrogens (primary N) is 1. The highest BCUT2D eigenvalue weighted by molar-refractivity contribution is 5.76. The van der Waals surface area contributed by atoms with Gasteiger partial charge in [-0.15, -0.1) is 0 Å². The quantitative estimate of drug-likeness (QED) is 0.415. The number of benzene rings is 2. The number of anilines is 2. The molecule has 0 radical (unpaired) electrons. The van der Waals surface area contributed by atoms with Gasteiger partial charge < -0.3 is 16.0 Å². The lowest BCUT2D eigenvalue weighted by Gasteiger charge is -2.31. The molecule has 1 saturated carbocycles. The molecule has 1 aliphatic carbocycles. The van der Waals surface area contributed by atoms with Crippen molar-refractivity contribution in [3.8, 4) is 0 Å². The maximum atomic E-state index is 15.5. The molecule has 1 aliphatic rings. The van der Waals surface area contributed by atoms with Crippen molar-refractivity contribution >= 4 is 17.5 Å². The van der Waals surface area contributed by atoms with Crippen LogP contribution in [0.15, 0.2) is 54.9 Å². The number of nitrogens with one attached hydrogen (secondary N) is 1. The Morgan fingerprint density at radius 2 is 1.71 bits per heavy atom. The van der Waals surface area contributed by atoms with E-state index in [1.807, 2.05) is 24.0 Å². The number of carbonyl (C=O) groups excluding carboxylic acids is 1. The highest BCUT2D eigenvalue weighted by atomic mass is 19.4. The summed E-state index contributed by atoms with van der Waals surface area (Å²) in [6, 6.07) is 11.8. The van der Waals surface area contributed by atoms with Gasteiger partial charge in [-0.25, -0.2) is 9.97 Å². The van der Waals surface area contributed by atoms with Crippen LogP contribution in [0, 0.1) is 5.82 Å². The number of hydrogen-bond donors (Lipinski definition) is 2. The standard InChI is InChI=1S/C25H25F4N5O/c1-15(18-6-8-19(9-7-18)25(27,28)29)34(20-10-11-20)24-22(26)23(32-14-33-24)31-13-17-4-2-16(3-5-17)12-21(30)35/h2-9,14-15,20H,10-13H2,1H3,(H2,30,35)(H,31,32,33). The Morgan fingerprint density at radius 1 is 1.09 bits per heavy atom. The molecule has 3 N–H and O–H groups in total. The number of amides is 1. The maximum absolute atomic E-state index is 15.5. The van der Waals surface area contributed by atoms with Gasteiger partial charge in [-0.3, -0.25) is 4.79 Å². The van der Waals surface area contributed by atoms with Crippen molar-refractivity contribution in [1.82, 2.24) is 9.97 Å². The van der Waals surface area contributed by atoms with E-state index < -0.39 is 23.5 Å². The van der Waals surface area contributed by atoms with Crippen LogP contribution in [0.25, 0.3) is 0 Å². The predicted molar refractivity (Wildman–Crippen MR) is 124 cm³/mol. The monoisotopic (exact) mass is 487 g/mol. The zero-order valence-corrected chi connectivity index (χ0v) is 19.0. The van der Waals surface area contributed by atoms with Gasteiger partial charge in [-0.05, 0) is 48.6 Å². The number of halogens is 4. The highest BCUT2D eigenvalue weighted by Crippen LogP contribution is 2.40. The molecule has 35 heavy (non-hydrogen) atoms. The summed E-state index contributed by atoms with van der Waals surface area (Å²) >= 11 is 0. The van der Waals surface area contributed by atoms with E-state index in [4.69, 9.17) is 5.73 Å². The fraction of sp³-hybridized carbons (Fsp3) is 0.320. The lowest BCUT2D eigenvalue weighted by atomic mass is 10.0. The van der Waals surface area contributed by atoms with E-state index in [0.717, 1.165) is 36.1 Å². The van der Waals surface area contributed by atoms with Gasteiger partial charge in [-0.1, -0.05) is 36.4 Å². The Kier molecular flexibility index (Phi) is 6.90. The summed E-state index contributed by atoms with van der Waals surface area (Å²) in [4.78, 5) is 21.1. The van der Waals surface area contributed by atoms with Crippen LogP contribution in [-0.4, -0.2) is 21.9 Å². The van der Waals surface area contributed by atoms with Gasteiger partial charge in [0.15, 0.2) is 11.6 Å². The molecule has 1 fully saturated rings. The third kappa shape index (κ3) is 5.87. The van der Waals surface area contributed by atoms with E-state index in [9.17, 15) is 18.0 Å². The molecule has 184 valence electrons. The second-order valence-electron chi connectivity index (χ2n) is 8.61. The molecule has 6 nitrogen and oxygen atoms in total. The average Bonchev–Trinajstić information content (AvgIpc) is 3.65. The minimum Gasteiger partial charge on any atom is -0.369 e. The second-order valence-corrected chi connectivity index (χ2v) is 8.61. The van der Waals surface area contributed by atoms with Crippen molar-refractivity contribution in [2.75, 3.05) is 10.2 Å². The van der Waals surface area contributed by atoms with Crippen molar-refractivity contribution in [3.05, 3.63) is 82.9 Å². The van der Waals surface area contributed by atoms with E-state index in [1.54, 1.807) is 12.1 Å². The number of primary amides is 1. The summed E-state index contributed by atoms with van der Waals surface area (Å²) in [5, 5.41) is 2.98. The summed E-state index contributed by atoms with van der Waals surface area (Å²) in [5.74, 6) is -0.906. The van der Waals surface area contributed by atoms with E-state index in [-0.39, 0.29) is 30.1 Å². The lowest BCUT2D eigenvalue weighted by Crippen LogP contribution is -2.31. The first-order valence-electron chi connectivity index (χ1n) is 11.2. The van der Waals surface area contributed by atoms with Crippen molar-refractivity contribution in [1.29, 1.82) is 0 Å². The summed E-state index contributed by atoms with van der Waals surface area (Å²) in [7, 11) is 0. The minimum absolute atomic E-state index is 0.0291. The smallest absolute Gasteiger partial charge is 0.369 e. The van der Waals surface area contributed by atoms with Gasteiger partial charge in [0, 0.05) is 12.6 Å². The molecular weight excluding hydrogens is 462 g/mol. The van der Waals surface area contributed by atoms with Crippen LogP contribution < -0.4 is 16.0 Å². The Labute approximate surface area is 200 Å². The number of rotatable bonds is 9. The molecule has 0 bridgehead atoms. The molecule has 0 aliphatic heterocycles. The topological polar surface area (TPSA) is 84.1 Å². The molecule has 0 spiro atoms. The van der Waals surface area contributed by atoms with Crippen molar-refractivity contribution < 1.29 is 22.4 Å². The second kappa shape index (κ2) is 9.89. The van der Waals surface area contributed by atoms with E-state index in [2.05, 4.69) is 15.3 Å². The van der Waals surface area contributed by atoms with Crippen molar-refractivity contribution in [3.63, 3.8) is 0 Å². The normalized spacial score (nSPS) is 14.4. The molecule has 1 unspecified atom stereocenters. The van der Waals surface area contributed by atoms with Crippen molar-refractivity contribution in [2.45, 2.75) is 51.0 Å². The lowest BCUT2D eigenvalue weighted by molar-refractivity contribution is -0.137. The molecule has 1 atom stereocenters. The zero-order valence-electron chi connectivity index (χ0n) is 19.0. The summed E-state index contributed by atoms with van der Waals surface area (Å²) in [5.41, 5.74) is 6.75. The van der Waals surface area contributed by atoms with Gasteiger partial charge in [0.05, 0.1) is 18.0 Å². The van der Waals surface area contributed by atoms with Crippen LogP contribution in [-0.2, 0) is 23.9 Å². The molecule has 4 rings (SSSR count). The zero-order chi connectivity index (χ0) is 25.2. The average molecular weight is 488 g/mol. The summed E-state index contributed by atoms with van der Waals surface area (Å²) in [6.07, 6.45) is -1.32. The molecule has 3 aromatic rings. The van der Waals surface area contributed by atoms with E-state index >= 15 is 4.39 Å². The fourth-order valence-electron chi connectivity index (χ4n) is 3.96. The fourth-order valence-corrected chi connectivity index (χ4v) is 3.96. The third-order valence-electron chi connectivity index (χ3n) is 5.95. The Hall–Kier alpha value is -3.69. The number of hydrogen-bond acceptors (Lipinski definition) is 5. The van der Waals surface area contributed by atoms with Crippen LogP contribution in [0.2, 0.25) is 0 Å². The van der Waals surface area contributed by atoms with E-state index in [0.29, 0.717) is 12.1 Å². The number of alkyl halides is 3. The Morgan fingerprint density at radius 3 is 2.29 bits per heavy atom. The Balaban J connectivity index is 1.52. The summed E-state index contributed by atoms with van der Waals surface area (Å²) < 4.78 is 54.3. The van der Waals surface area contributed by atoms with Crippen LogP contribution in [0.3, 0.4) is 0 Å². The Bertz CT molecular complexity index is 1180. The largest absolute Gasteiger partial charge is 0.416 e. The maximum Gasteiger partial charge on any atom is 0.416 e. The molecule has 1 amide bonds. The van der Waals surface area contributed by atoms with E-state index in [1.165, 1.54) is 18.5 Å². The van der Waals surface area contributed by atoms with Crippen LogP contribution in [0.4, 0.5) is 29.2 Å². The SMILES string of the molecule is CC(c1ccc(C(F)(F)F)cc1)N(c1ncnc(NCc2ccc(CC(N)=O)cc2)c1F)C1CC1. The highest BCUT2D eigenvalue weighted by Gasteiger charge is 2.36. The number of carbonyl (C=O) groups is 1. The van der Waals surface area contributed by atoms with Crippen LogP contribution >= 0.6 is 0 Å².